The van der Waals surface area contributed by atoms with Crippen molar-refractivity contribution in [1.29, 1.82) is 0 Å². The Morgan fingerprint density at radius 3 is 1.59 bits per heavy atom. The quantitative estimate of drug-likeness (QED) is 0.130. The van der Waals surface area contributed by atoms with E-state index in [4.69, 9.17) is 27.9 Å². The van der Waals surface area contributed by atoms with Crippen LogP contribution in [0.25, 0.3) is 41.7 Å². The third-order valence-electron chi connectivity index (χ3n) is 9.53. The Bertz CT molecular complexity index is 2690. The van der Waals surface area contributed by atoms with Gasteiger partial charge in [-0.2, -0.15) is 0 Å². The molecule has 2 atom stereocenters. The van der Waals surface area contributed by atoms with E-state index in [9.17, 15) is 19.5 Å². The fraction of sp³-hybridized carbons (Fsp3) is 0.133. The summed E-state index contributed by atoms with van der Waals surface area (Å²) in [5.74, 6) is -2.23. The van der Waals surface area contributed by atoms with Gasteiger partial charge >= 0.3 is 54.4 Å². The number of hydrogen-bond acceptors (Lipinski definition) is 7. The summed E-state index contributed by atoms with van der Waals surface area (Å²) < 4.78 is 7.01. The first-order valence-electron chi connectivity index (χ1n) is 17.2. The van der Waals surface area contributed by atoms with E-state index >= 15 is 0 Å². The summed E-state index contributed by atoms with van der Waals surface area (Å²) in [5, 5.41) is 21.1. The molecule has 8 aromatic rings. The zero-order valence-corrected chi connectivity index (χ0v) is 38.0. The number of carbonyl (C=O) groups is 3. The number of benzene rings is 6. The molecule has 2 unspecified atom stereocenters. The maximum absolute atomic E-state index is 13.1. The van der Waals surface area contributed by atoms with Gasteiger partial charge in [-0.3, -0.25) is 14.4 Å². The second-order valence-corrected chi connectivity index (χ2v) is 15.7. The largest absolute Gasteiger partial charge is 1.00 e. The Morgan fingerprint density at radius 1 is 0.655 bits per heavy atom. The predicted octanol–water partition coefficient (Wildman–Crippen LogP) is 2.12. The Balaban J connectivity index is 0.000000376. The molecule has 0 amide bonds. The van der Waals surface area contributed by atoms with Crippen molar-refractivity contribution >= 4 is 114 Å². The first-order valence-corrected chi connectivity index (χ1v) is 19.8. The number of ether oxygens (including phenoxy) is 1. The Labute approximate surface area is 399 Å². The maximum atomic E-state index is 13.1. The van der Waals surface area contributed by atoms with Crippen molar-refractivity contribution in [3.05, 3.63) is 164 Å². The molecule has 283 valence electrons. The molecule has 2 aromatic heterocycles. The molecule has 0 saturated heterocycles. The second-order valence-electron chi connectivity index (χ2n) is 13.0. The molecule has 0 aliphatic carbocycles. The van der Waals surface area contributed by atoms with Crippen LogP contribution < -0.4 is 60.8 Å². The molecule has 58 heavy (non-hydrogen) atoms. The summed E-state index contributed by atoms with van der Waals surface area (Å²) in [6.07, 6.45) is 0.455. The standard InChI is InChI=1S/C23H17ClO3S.C22H17ClO2S.B.ClH.Li.Na.H/c1-27-23(26)22(19-13-28-21-9-8-17(24)12-18(19)21)20(25)11-14-6-7-15-4-2-3-5-16(15)10-14;23-17-7-8-22-18(11-17)20(13-26-22)19(12-24)21(25)10-14-5-6-15-3-1-2-4-16(15)9-14;;;;;/h2-10,12-13,22H,11H2,1H3;1-9,11,13,19,24H,10,12H2;;1H;;;/q;;;;2*+1;-1/p-1. The summed E-state index contributed by atoms with van der Waals surface area (Å²) >= 11 is 15.3. The van der Waals surface area contributed by atoms with Crippen LogP contribution >= 0.6 is 45.9 Å². The number of fused-ring (bicyclic) bond motifs is 4. The molecule has 0 bridgehead atoms. The van der Waals surface area contributed by atoms with Crippen LogP contribution in [0.3, 0.4) is 0 Å². The molecule has 13 heteroatoms. The van der Waals surface area contributed by atoms with Gasteiger partial charge in [-0.15, -0.1) is 22.7 Å². The van der Waals surface area contributed by atoms with Crippen LogP contribution in [0.2, 0.25) is 10.0 Å². The van der Waals surface area contributed by atoms with E-state index in [1.807, 2.05) is 114 Å². The first kappa shape index (κ1) is 49.4. The van der Waals surface area contributed by atoms with Gasteiger partial charge in [0, 0.05) is 40.7 Å². The second kappa shape index (κ2) is 22.6. The van der Waals surface area contributed by atoms with E-state index in [0.717, 1.165) is 58.4 Å². The summed E-state index contributed by atoms with van der Waals surface area (Å²) in [4.78, 5) is 38.6. The Hall–Kier alpha value is -2.94. The zero-order valence-electron chi connectivity index (χ0n) is 33.1. The molecular formula is C45H35BCl3LiNaO5S2. The number of hydrogen-bond donors (Lipinski definition) is 1. The van der Waals surface area contributed by atoms with Gasteiger partial charge in [-0.1, -0.05) is 108 Å². The van der Waals surface area contributed by atoms with Gasteiger partial charge in [0.15, 0.2) is 5.78 Å². The first-order chi connectivity index (χ1) is 26.2. The minimum absolute atomic E-state index is 0. The van der Waals surface area contributed by atoms with Crippen molar-refractivity contribution in [2.45, 2.75) is 24.7 Å². The molecular weight excluding hydrogens is 832 g/mol. The monoisotopic (exact) mass is 865 g/mol. The van der Waals surface area contributed by atoms with Gasteiger partial charge in [0.1, 0.15) is 11.7 Å². The fourth-order valence-electron chi connectivity index (χ4n) is 6.78. The molecule has 1 N–H and O–H groups in total. The summed E-state index contributed by atoms with van der Waals surface area (Å²) in [6.45, 7) is -0.204. The molecule has 0 saturated carbocycles. The van der Waals surface area contributed by atoms with E-state index in [1.165, 1.54) is 18.4 Å². The number of thiophene rings is 2. The summed E-state index contributed by atoms with van der Waals surface area (Å²) in [5.41, 5.74) is 3.35. The Kier molecular flexibility index (Phi) is 19.3. The number of ketones is 2. The molecule has 0 aliphatic rings. The van der Waals surface area contributed by atoms with Gasteiger partial charge < -0.3 is 23.7 Å². The van der Waals surface area contributed by atoms with Gasteiger partial charge in [-0.05, 0) is 102 Å². The SMILES string of the molecule is COC(=O)C(C(=O)Cc1ccc2ccccc2c1)c1csc2ccc(Cl)cc12.O=C(Cc1ccc2ccccc2c1)C(CO)c1csc2ccc(Cl)cc12.[B].[Cl-].[H-].[Li+].[Na+]. The van der Waals surface area contributed by atoms with Crippen LogP contribution in [-0.4, -0.2) is 44.8 Å². The molecule has 0 aliphatic heterocycles. The number of methoxy groups -OCH3 is 1. The minimum atomic E-state index is -0.969. The smallest absolute Gasteiger partial charge is 1.00 e. The summed E-state index contributed by atoms with van der Waals surface area (Å²) in [7, 11) is 1.31. The topological polar surface area (TPSA) is 80.7 Å². The number of halogens is 3. The molecule has 5 nitrogen and oxygen atoms in total. The van der Waals surface area contributed by atoms with Crippen molar-refractivity contribution < 1.29 is 86.5 Å². The molecule has 2 heterocycles. The van der Waals surface area contributed by atoms with E-state index in [1.54, 1.807) is 23.5 Å². The van der Waals surface area contributed by atoms with Crippen LogP contribution in [0.1, 0.15) is 35.5 Å². The third-order valence-corrected chi connectivity index (χ3v) is 12.0. The maximum Gasteiger partial charge on any atom is 1.00 e. The van der Waals surface area contributed by atoms with Crippen LogP contribution in [0.5, 0.6) is 0 Å². The van der Waals surface area contributed by atoms with Crippen LogP contribution in [0, 0.1) is 0 Å². The van der Waals surface area contributed by atoms with Crippen LogP contribution in [0.15, 0.2) is 132 Å². The fourth-order valence-corrected chi connectivity index (χ4v) is 9.09. The molecule has 8 rings (SSSR count). The van der Waals surface area contributed by atoms with E-state index in [2.05, 4.69) is 6.07 Å². The minimum Gasteiger partial charge on any atom is -1.00 e. The summed E-state index contributed by atoms with van der Waals surface area (Å²) in [6, 6.07) is 39.2. The third kappa shape index (κ3) is 11.3. The van der Waals surface area contributed by atoms with E-state index in [0.29, 0.717) is 22.0 Å². The van der Waals surface area contributed by atoms with Crippen LogP contribution in [-0.2, 0) is 32.0 Å². The van der Waals surface area contributed by atoms with E-state index < -0.39 is 17.8 Å². The normalized spacial score (nSPS) is 11.5. The number of aliphatic hydroxyl groups excluding tert-OH is 1. The molecule has 0 fully saturated rings. The molecule has 3 radical (unpaired) electrons. The predicted molar refractivity (Wildman–Crippen MR) is 230 cm³/mol. The van der Waals surface area contributed by atoms with Crippen molar-refractivity contribution in [1.82, 2.24) is 0 Å². The molecule has 0 spiro atoms. The van der Waals surface area contributed by atoms with Gasteiger partial charge in [-0.25, -0.2) is 0 Å². The van der Waals surface area contributed by atoms with Crippen molar-refractivity contribution in [2.24, 2.45) is 0 Å². The Morgan fingerprint density at radius 2 is 1.10 bits per heavy atom. The number of aliphatic hydroxyl groups is 1. The average Bonchev–Trinajstić information content (AvgIpc) is 3.79. The average molecular weight is 867 g/mol. The van der Waals surface area contributed by atoms with Gasteiger partial charge in [0.2, 0.25) is 0 Å². The van der Waals surface area contributed by atoms with E-state index in [-0.39, 0.29) is 95.3 Å². The zero-order chi connectivity index (χ0) is 37.8. The van der Waals surface area contributed by atoms with Crippen molar-refractivity contribution in [3.8, 4) is 0 Å². The number of carbonyl (C=O) groups excluding carboxylic acids is 3. The number of rotatable bonds is 10. The van der Waals surface area contributed by atoms with Gasteiger partial charge in [0.25, 0.3) is 0 Å². The van der Waals surface area contributed by atoms with Crippen LogP contribution in [0.4, 0.5) is 0 Å². The number of Topliss-reactive ketones (excluding diaryl/α,β-unsaturated/α-hetero) is 2. The number of esters is 1. The molecule has 6 aromatic carbocycles. The van der Waals surface area contributed by atoms with Crippen molar-refractivity contribution in [2.75, 3.05) is 13.7 Å². The van der Waals surface area contributed by atoms with Crippen molar-refractivity contribution in [3.63, 3.8) is 0 Å². The van der Waals surface area contributed by atoms with Gasteiger partial charge in [0.05, 0.1) is 19.6 Å².